The fraction of sp³-hybridized carbons (Fsp3) is 0.429. The Hall–Kier alpha value is -1.46. The molecule has 0 radical (unpaired) electrons. The van der Waals surface area contributed by atoms with Crippen molar-refractivity contribution in [2.45, 2.75) is 17.7 Å². The number of methoxy groups -OCH3 is 1. The van der Waals surface area contributed by atoms with E-state index in [1.54, 1.807) is 38.3 Å². The third-order valence-corrected chi connectivity index (χ3v) is 4.52. The van der Waals surface area contributed by atoms with E-state index in [9.17, 15) is 9.59 Å². The quantitative estimate of drug-likeness (QED) is 0.665. The largest absolute Gasteiger partial charge is 0.497 e. The molecular weight excluding hydrogens is 317 g/mol. The van der Waals surface area contributed by atoms with Gasteiger partial charge in [0.25, 0.3) is 5.91 Å². The van der Waals surface area contributed by atoms with E-state index in [4.69, 9.17) is 32.7 Å². The Morgan fingerprint density at radius 3 is 2.33 bits per heavy atom. The maximum absolute atomic E-state index is 11.8. The van der Waals surface area contributed by atoms with Gasteiger partial charge in [-0.3, -0.25) is 9.59 Å². The maximum atomic E-state index is 11.8. The Morgan fingerprint density at radius 2 is 1.86 bits per heavy atom. The first-order valence-corrected chi connectivity index (χ1v) is 7.03. The molecule has 0 saturated heterocycles. The van der Waals surface area contributed by atoms with Gasteiger partial charge in [0.2, 0.25) is 0 Å². The van der Waals surface area contributed by atoms with Crippen molar-refractivity contribution in [2.24, 2.45) is 5.41 Å². The van der Waals surface area contributed by atoms with Crippen LogP contribution in [0.3, 0.4) is 0 Å². The molecule has 114 valence electrons. The molecule has 1 atom stereocenters. The number of hydrogen-bond acceptors (Lipinski definition) is 4. The Balaban J connectivity index is 1.81. The van der Waals surface area contributed by atoms with Crippen molar-refractivity contribution in [2.75, 3.05) is 19.0 Å². The SMILES string of the molecule is COc1ccc(NC(=O)COC(=O)[C@]2(C)CC2(Cl)Cl)cc1. The number of ether oxygens (including phenoxy) is 2. The molecule has 0 aromatic heterocycles. The van der Waals surface area contributed by atoms with Crippen LogP contribution in [0.25, 0.3) is 0 Å². The summed E-state index contributed by atoms with van der Waals surface area (Å²) < 4.78 is 8.85. The molecule has 5 nitrogen and oxygen atoms in total. The summed E-state index contributed by atoms with van der Waals surface area (Å²) in [6, 6.07) is 6.79. The van der Waals surface area contributed by atoms with Crippen molar-refractivity contribution in [3.63, 3.8) is 0 Å². The molecule has 0 aliphatic heterocycles. The molecule has 1 aliphatic rings. The predicted octanol–water partition coefficient (Wildman–Crippen LogP) is 2.76. The number of rotatable bonds is 5. The van der Waals surface area contributed by atoms with Crippen LogP contribution in [0.2, 0.25) is 0 Å². The second-order valence-corrected chi connectivity index (χ2v) is 6.55. The zero-order valence-corrected chi connectivity index (χ0v) is 13.1. The number of halogens is 2. The first-order valence-electron chi connectivity index (χ1n) is 6.27. The molecule has 1 aromatic carbocycles. The molecular formula is C14H15Cl2NO4. The number of carbonyl (C=O) groups is 2. The van der Waals surface area contributed by atoms with Crippen molar-refractivity contribution >= 4 is 40.8 Å². The second-order valence-electron chi connectivity index (χ2n) is 5.07. The van der Waals surface area contributed by atoms with Crippen LogP contribution in [0.5, 0.6) is 5.75 Å². The highest BCUT2D eigenvalue weighted by atomic mass is 35.5. The lowest BCUT2D eigenvalue weighted by molar-refractivity contribution is -0.152. The molecule has 21 heavy (non-hydrogen) atoms. The van der Waals surface area contributed by atoms with Crippen LogP contribution in [0.4, 0.5) is 5.69 Å². The minimum atomic E-state index is -1.10. The highest BCUT2D eigenvalue weighted by Crippen LogP contribution is 2.64. The van der Waals surface area contributed by atoms with Crippen LogP contribution in [0.1, 0.15) is 13.3 Å². The Kier molecular flexibility index (Phi) is 4.35. The minimum Gasteiger partial charge on any atom is -0.497 e. The van der Waals surface area contributed by atoms with Crippen molar-refractivity contribution < 1.29 is 19.1 Å². The van der Waals surface area contributed by atoms with E-state index < -0.39 is 21.6 Å². The molecule has 1 aliphatic carbocycles. The molecule has 1 fully saturated rings. The topological polar surface area (TPSA) is 64.6 Å². The number of hydrogen-bond donors (Lipinski definition) is 1. The normalized spacial score (nSPS) is 22.3. The van der Waals surface area contributed by atoms with E-state index in [2.05, 4.69) is 5.32 Å². The van der Waals surface area contributed by atoms with Gasteiger partial charge < -0.3 is 14.8 Å². The van der Waals surface area contributed by atoms with Gasteiger partial charge in [0, 0.05) is 12.1 Å². The number of benzene rings is 1. The van der Waals surface area contributed by atoms with E-state index in [0.717, 1.165) is 0 Å². The average molecular weight is 332 g/mol. The summed E-state index contributed by atoms with van der Waals surface area (Å²) in [5.74, 6) is -0.327. The molecule has 1 saturated carbocycles. The zero-order chi connectivity index (χ0) is 15.7. The third kappa shape index (κ3) is 3.41. The lowest BCUT2D eigenvalue weighted by Gasteiger charge is -2.12. The molecule has 0 unspecified atom stereocenters. The Labute approximate surface area is 132 Å². The molecule has 7 heteroatoms. The molecule has 1 aromatic rings. The fourth-order valence-electron chi connectivity index (χ4n) is 1.78. The smallest absolute Gasteiger partial charge is 0.315 e. The van der Waals surface area contributed by atoms with E-state index in [-0.39, 0.29) is 6.61 Å². The Morgan fingerprint density at radius 1 is 1.29 bits per heavy atom. The minimum absolute atomic E-state index is 0.321. The summed E-state index contributed by atoms with van der Waals surface area (Å²) in [6.45, 7) is 1.22. The number of anilines is 1. The van der Waals surface area contributed by atoms with E-state index >= 15 is 0 Å². The summed E-state index contributed by atoms with van der Waals surface area (Å²) in [5.41, 5.74) is -0.352. The van der Waals surface area contributed by atoms with Gasteiger partial charge in [0.15, 0.2) is 6.61 Å². The van der Waals surface area contributed by atoms with Crippen molar-refractivity contribution in [3.05, 3.63) is 24.3 Å². The number of esters is 1. The molecule has 0 bridgehead atoms. The number of alkyl halides is 2. The lowest BCUT2D eigenvalue weighted by Crippen LogP contribution is -2.26. The summed E-state index contributed by atoms with van der Waals surface area (Å²) in [6.07, 6.45) is 0.321. The van der Waals surface area contributed by atoms with Gasteiger partial charge in [-0.2, -0.15) is 0 Å². The number of nitrogens with one attached hydrogen (secondary N) is 1. The van der Waals surface area contributed by atoms with Gasteiger partial charge >= 0.3 is 5.97 Å². The van der Waals surface area contributed by atoms with Crippen molar-refractivity contribution in [1.29, 1.82) is 0 Å². The maximum Gasteiger partial charge on any atom is 0.315 e. The van der Waals surface area contributed by atoms with E-state index in [0.29, 0.717) is 17.9 Å². The van der Waals surface area contributed by atoms with Gasteiger partial charge in [0.1, 0.15) is 15.5 Å². The average Bonchev–Trinajstić information content (AvgIpc) is 2.97. The monoisotopic (exact) mass is 331 g/mol. The lowest BCUT2D eigenvalue weighted by atomic mass is 10.1. The van der Waals surface area contributed by atoms with Gasteiger partial charge in [0.05, 0.1) is 7.11 Å². The van der Waals surface area contributed by atoms with Gasteiger partial charge in [-0.15, -0.1) is 23.2 Å². The van der Waals surface area contributed by atoms with Crippen LogP contribution < -0.4 is 10.1 Å². The highest BCUT2D eigenvalue weighted by molar-refractivity contribution is 6.53. The van der Waals surface area contributed by atoms with Crippen LogP contribution >= 0.6 is 23.2 Å². The van der Waals surface area contributed by atoms with Gasteiger partial charge in [-0.25, -0.2) is 0 Å². The van der Waals surface area contributed by atoms with Crippen LogP contribution in [0, 0.1) is 5.41 Å². The van der Waals surface area contributed by atoms with Crippen LogP contribution in [0.15, 0.2) is 24.3 Å². The molecule has 2 rings (SSSR count). The fourth-order valence-corrected chi connectivity index (χ4v) is 2.47. The summed E-state index contributed by atoms with van der Waals surface area (Å²) in [4.78, 5) is 23.5. The first kappa shape index (κ1) is 15.9. The molecule has 0 spiro atoms. The second kappa shape index (κ2) is 5.73. The zero-order valence-electron chi connectivity index (χ0n) is 11.6. The van der Waals surface area contributed by atoms with Crippen LogP contribution in [-0.2, 0) is 14.3 Å². The summed E-state index contributed by atoms with van der Waals surface area (Å²) in [7, 11) is 1.55. The predicted molar refractivity (Wildman–Crippen MR) is 79.7 cm³/mol. The van der Waals surface area contributed by atoms with Crippen molar-refractivity contribution in [3.8, 4) is 5.75 Å². The third-order valence-electron chi connectivity index (χ3n) is 3.42. The first-order chi connectivity index (χ1) is 9.78. The summed E-state index contributed by atoms with van der Waals surface area (Å²) >= 11 is 11.7. The van der Waals surface area contributed by atoms with Crippen LogP contribution in [-0.4, -0.2) is 29.9 Å². The summed E-state index contributed by atoms with van der Waals surface area (Å²) in [5, 5.41) is 2.60. The standard InChI is InChI=1S/C14H15Cl2NO4/c1-13(8-14(13,15)16)12(19)21-7-11(18)17-9-3-5-10(20-2)6-4-9/h3-6H,7-8H2,1-2H3,(H,17,18)/t13-/m0/s1. The van der Waals surface area contributed by atoms with Crippen molar-refractivity contribution in [1.82, 2.24) is 0 Å². The Bertz CT molecular complexity index is 559. The van der Waals surface area contributed by atoms with Gasteiger partial charge in [-0.1, -0.05) is 0 Å². The number of amides is 1. The highest BCUT2D eigenvalue weighted by Gasteiger charge is 2.69. The molecule has 0 heterocycles. The molecule has 1 N–H and O–H groups in total. The van der Waals surface area contributed by atoms with E-state index in [1.807, 2.05) is 0 Å². The molecule has 1 amide bonds. The van der Waals surface area contributed by atoms with Gasteiger partial charge in [-0.05, 0) is 31.2 Å². The van der Waals surface area contributed by atoms with E-state index in [1.165, 1.54) is 0 Å². The number of carbonyl (C=O) groups excluding carboxylic acids is 2.